The van der Waals surface area contributed by atoms with Crippen LogP contribution < -0.4 is 0 Å². The molecule has 0 spiro atoms. The molecule has 0 amide bonds. The summed E-state index contributed by atoms with van der Waals surface area (Å²) in [4.78, 5) is 12.9. The van der Waals surface area contributed by atoms with E-state index in [2.05, 4.69) is 18.7 Å². The normalized spacial score (nSPS) is 17.6. The molecular weight excluding hydrogens is 230 g/mol. The standard InChI is InChI=1S/C14H27NO3/c1-12(2)15(13-6-4-3-5-7-13)9-11-18-10-8-14(16)17/h12-13H,3-11H2,1-2H3,(H,16,17). The lowest BCUT2D eigenvalue weighted by Crippen LogP contribution is -2.43. The molecule has 1 aliphatic rings. The maximum atomic E-state index is 10.4. The van der Waals surface area contributed by atoms with Gasteiger partial charge in [0.2, 0.25) is 0 Å². The minimum Gasteiger partial charge on any atom is -0.481 e. The summed E-state index contributed by atoms with van der Waals surface area (Å²) in [5.74, 6) is -0.789. The Morgan fingerprint density at radius 3 is 2.50 bits per heavy atom. The second kappa shape index (κ2) is 8.48. The van der Waals surface area contributed by atoms with Crippen LogP contribution in [0, 0.1) is 0 Å². The third-order valence-electron chi connectivity index (χ3n) is 3.66. The summed E-state index contributed by atoms with van der Waals surface area (Å²) >= 11 is 0. The predicted molar refractivity (Wildman–Crippen MR) is 71.8 cm³/mol. The Hall–Kier alpha value is -0.610. The van der Waals surface area contributed by atoms with Crippen LogP contribution in [-0.2, 0) is 9.53 Å². The quantitative estimate of drug-likeness (QED) is 0.679. The van der Waals surface area contributed by atoms with Crippen molar-refractivity contribution in [2.45, 2.75) is 64.5 Å². The van der Waals surface area contributed by atoms with Crippen LogP contribution >= 0.6 is 0 Å². The van der Waals surface area contributed by atoms with E-state index in [0.29, 0.717) is 25.3 Å². The molecule has 0 aromatic carbocycles. The van der Waals surface area contributed by atoms with Gasteiger partial charge in [0, 0.05) is 18.6 Å². The fraction of sp³-hybridized carbons (Fsp3) is 0.929. The first-order chi connectivity index (χ1) is 8.61. The lowest BCUT2D eigenvalue weighted by Gasteiger charge is -2.37. The van der Waals surface area contributed by atoms with Crippen molar-refractivity contribution in [3.8, 4) is 0 Å². The summed E-state index contributed by atoms with van der Waals surface area (Å²) < 4.78 is 5.39. The molecule has 1 rings (SSSR count). The van der Waals surface area contributed by atoms with Gasteiger partial charge in [0.05, 0.1) is 19.6 Å². The number of nitrogens with zero attached hydrogens (tertiary/aromatic N) is 1. The van der Waals surface area contributed by atoms with Crippen molar-refractivity contribution >= 4 is 5.97 Å². The van der Waals surface area contributed by atoms with E-state index in [1.807, 2.05) is 0 Å². The second-order valence-electron chi connectivity index (χ2n) is 5.38. The zero-order valence-electron chi connectivity index (χ0n) is 11.7. The molecule has 4 heteroatoms. The Morgan fingerprint density at radius 2 is 1.94 bits per heavy atom. The molecule has 1 saturated carbocycles. The van der Waals surface area contributed by atoms with E-state index in [1.54, 1.807) is 0 Å². The first-order valence-corrected chi connectivity index (χ1v) is 7.16. The maximum absolute atomic E-state index is 10.4. The van der Waals surface area contributed by atoms with Gasteiger partial charge in [0.25, 0.3) is 0 Å². The zero-order chi connectivity index (χ0) is 13.4. The highest BCUT2D eigenvalue weighted by atomic mass is 16.5. The average Bonchev–Trinajstić information content (AvgIpc) is 2.34. The van der Waals surface area contributed by atoms with Gasteiger partial charge in [0.15, 0.2) is 0 Å². The third-order valence-corrected chi connectivity index (χ3v) is 3.66. The van der Waals surface area contributed by atoms with Crippen LogP contribution in [0.4, 0.5) is 0 Å². The summed E-state index contributed by atoms with van der Waals surface area (Å²) in [7, 11) is 0. The van der Waals surface area contributed by atoms with Gasteiger partial charge in [0.1, 0.15) is 0 Å². The van der Waals surface area contributed by atoms with Crippen molar-refractivity contribution in [3.63, 3.8) is 0 Å². The predicted octanol–water partition coefficient (Wildman–Crippen LogP) is 2.52. The number of carboxylic acids is 1. The van der Waals surface area contributed by atoms with E-state index in [-0.39, 0.29) is 6.42 Å². The van der Waals surface area contributed by atoms with Crippen LogP contribution in [0.2, 0.25) is 0 Å². The van der Waals surface area contributed by atoms with Crippen molar-refractivity contribution in [1.29, 1.82) is 0 Å². The van der Waals surface area contributed by atoms with Crippen molar-refractivity contribution < 1.29 is 14.6 Å². The van der Waals surface area contributed by atoms with Gasteiger partial charge in [-0.1, -0.05) is 19.3 Å². The number of aliphatic carboxylic acids is 1. The Kier molecular flexibility index (Phi) is 7.28. The molecule has 0 radical (unpaired) electrons. The topological polar surface area (TPSA) is 49.8 Å². The van der Waals surface area contributed by atoms with Crippen LogP contribution in [-0.4, -0.2) is 47.8 Å². The van der Waals surface area contributed by atoms with E-state index >= 15 is 0 Å². The molecule has 1 N–H and O–H groups in total. The van der Waals surface area contributed by atoms with Crippen molar-refractivity contribution in [1.82, 2.24) is 4.90 Å². The molecule has 4 nitrogen and oxygen atoms in total. The Balaban J connectivity index is 2.23. The Bertz CT molecular complexity index is 237. The third kappa shape index (κ3) is 5.83. The van der Waals surface area contributed by atoms with Gasteiger partial charge < -0.3 is 9.84 Å². The van der Waals surface area contributed by atoms with Crippen molar-refractivity contribution in [2.24, 2.45) is 0 Å². The number of ether oxygens (including phenoxy) is 1. The zero-order valence-corrected chi connectivity index (χ0v) is 11.7. The van der Waals surface area contributed by atoms with E-state index < -0.39 is 5.97 Å². The monoisotopic (exact) mass is 257 g/mol. The van der Waals surface area contributed by atoms with Crippen molar-refractivity contribution in [2.75, 3.05) is 19.8 Å². The first kappa shape index (κ1) is 15.4. The maximum Gasteiger partial charge on any atom is 0.305 e. The van der Waals surface area contributed by atoms with E-state index in [0.717, 1.165) is 6.54 Å². The van der Waals surface area contributed by atoms with E-state index in [4.69, 9.17) is 9.84 Å². The lowest BCUT2D eigenvalue weighted by atomic mass is 9.93. The van der Waals surface area contributed by atoms with Crippen LogP contribution in [0.5, 0.6) is 0 Å². The highest BCUT2D eigenvalue weighted by molar-refractivity contribution is 5.66. The molecule has 0 heterocycles. The molecule has 0 aliphatic heterocycles. The largest absolute Gasteiger partial charge is 0.481 e. The molecule has 0 unspecified atom stereocenters. The van der Waals surface area contributed by atoms with Crippen LogP contribution in [0.15, 0.2) is 0 Å². The smallest absolute Gasteiger partial charge is 0.305 e. The molecule has 0 saturated heterocycles. The van der Waals surface area contributed by atoms with E-state index in [9.17, 15) is 4.79 Å². The summed E-state index contributed by atoms with van der Waals surface area (Å²) in [6, 6.07) is 1.23. The molecule has 0 aromatic heterocycles. The van der Waals surface area contributed by atoms with E-state index in [1.165, 1.54) is 32.1 Å². The first-order valence-electron chi connectivity index (χ1n) is 7.16. The molecule has 106 valence electrons. The minimum atomic E-state index is -0.789. The van der Waals surface area contributed by atoms with Crippen LogP contribution in [0.3, 0.4) is 0 Å². The molecule has 0 atom stereocenters. The molecule has 1 aliphatic carbocycles. The number of hydrogen-bond donors (Lipinski definition) is 1. The van der Waals surface area contributed by atoms with Gasteiger partial charge in [-0.05, 0) is 26.7 Å². The summed E-state index contributed by atoms with van der Waals surface area (Å²) in [6.45, 7) is 6.34. The van der Waals surface area contributed by atoms with Crippen molar-refractivity contribution in [3.05, 3.63) is 0 Å². The molecule has 1 fully saturated rings. The minimum absolute atomic E-state index is 0.102. The molecule has 0 aromatic rings. The van der Waals surface area contributed by atoms with Crippen LogP contribution in [0.25, 0.3) is 0 Å². The fourth-order valence-electron chi connectivity index (χ4n) is 2.71. The van der Waals surface area contributed by atoms with Gasteiger partial charge >= 0.3 is 5.97 Å². The molecule has 0 bridgehead atoms. The van der Waals surface area contributed by atoms with Gasteiger partial charge in [-0.25, -0.2) is 0 Å². The fourth-order valence-corrected chi connectivity index (χ4v) is 2.71. The number of hydrogen-bond acceptors (Lipinski definition) is 3. The lowest BCUT2D eigenvalue weighted by molar-refractivity contribution is -0.138. The van der Waals surface area contributed by atoms with Gasteiger partial charge in [-0.3, -0.25) is 9.69 Å². The Labute approximate surface area is 110 Å². The average molecular weight is 257 g/mol. The summed E-state index contributed by atoms with van der Waals surface area (Å²) in [5, 5.41) is 8.52. The second-order valence-corrected chi connectivity index (χ2v) is 5.38. The Morgan fingerprint density at radius 1 is 1.28 bits per heavy atom. The molecular formula is C14H27NO3. The SMILES string of the molecule is CC(C)N(CCOCCC(=O)O)C1CCCCC1. The summed E-state index contributed by atoms with van der Waals surface area (Å²) in [6.07, 6.45) is 6.75. The highest BCUT2D eigenvalue weighted by Crippen LogP contribution is 2.23. The number of rotatable bonds is 8. The number of carboxylic acid groups (broad SMARTS) is 1. The molecule has 18 heavy (non-hydrogen) atoms. The number of carbonyl (C=O) groups is 1. The summed E-state index contributed by atoms with van der Waals surface area (Å²) in [5.41, 5.74) is 0. The van der Waals surface area contributed by atoms with Gasteiger partial charge in [-0.2, -0.15) is 0 Å². The van der Waals surface area contributed by atoms with Crippen LogP contribution in [0.1, 0.15) is 52.4 Å². The van der Waals surface area contributed by atoms with Gasteiger partial charge in [-0.15, -0.1) is 0 Å². The highest BCUT2D eigenvalue weighted by Gasteiger charge is 2.22.